The third-order valence-corrected chi connectivity index (χ3v) is 2.74. The molecule has 0 spiro atoms. The standard InChI is InChI=1S/C8H6ClNO5S/c1-15-8(12)7-5(11)2-4(10(13)14)3-6(7)16-9/h2-3,11H,1H3. The van der Waals surface area contributed by atoms with Gasteiger partial charge in [0.25, 0.3) is 5.69 Å². The summed E-state index contributed by atoms with van der Waals surface area (Å²) in [6.07, 6.45) is 0. The molecule has 86 valence electrons. The number of methoxy groups -OCH3 is 1. The van der Waals surface area contributed by atoms with E-state index >= 15 is 0 Å². The number of hydrogen-bond acceptors (Lipinski definition) is 6. The van der Waals surface area contributed by atoms with Crippen molar-refractivity contribution in [1.29, 1.82) is 0 Å². The number of phenols is 1. The molecule has 16 heavy (non-hydrogen) atoms. The lowest BCUT2D eigenvalue weighted by atomic mass is 10.2. The molecule has 6 nitrogen and oxygen atoms in total. The minimum absolute atomic E-state index is 0.0696. The predicted molar refractivity (Wildman–Crippen MR) is 57.8 cm³/mol. The molecule has 0 saturated carbocycles. The highest BCUT2D eigenvalue weighted by molar-refractivity contribution is 8.21. The number of aromatic hydroxyl groups is 1. The van der Waals surface area contributed by atoms with Crippen LogP contribution in [0, 0.1) is 10.1 Å². The van der Waals surface area contributed by atoms with Gasteiger partial charge in [0.05, 0.1) is 18.1 Å². The van der Waals surface area contributed by atoms with E-state index in [4.69, 9.17) is 10.7 Å². The highest BCUT2D eigenvalue weighted by Gasteiger charge is 2.22. The first-order chi connectivity index (χ1) is 7.51. The number of esters is 1. The zero-order chi connectivity index (χ0) is 12.3. The van der Waals surface area contributed by atoms with Crippen molar-refractivity contribution >= 4 is 33.3 Å². The maximum atomic E-state index is 11.3. The number of phenolic OH excluding ortho intramolecular Hbond substituents is 1. The highest BCUT2D eigenvalue weighted by atomic mass is 35.7. The number of nitro groups is 1. The second kappa shape index (κ2) is 5.04. The third-order valence-electron chi connectivity index (χ3n) is 1.75. The largest absolute Gasteiger partial charge is 0.507 e. The number of hydrogen-bond donors (Lipinski definition) is 1. The van der Waals surface area contributed by atoms with Crippen molar-refractivity contribution in [3.05, 3.63) is 27.8 Å². The maximum Gasteiger partial charge on any atom is 0.342 e. The molecule has 0 aliphatic rings. The molecule has 0 bridgehead atoms. The fourth-order valence-electron chi connectivity index (χ4n) is 1.06. The number of carbonyl (C=O) groups is 1. The van der Waals surface area contributed by atoms with Gasteiger partial charge in [-0.2, -0.15) is 0 Å². The summed E-state index contributed by atoms with van der Waals surface area (Å²) in [5.74, 6) is -1.35. The first kappa shape index (κ1) is 12.6. The Balaban J connectivity index is 3.40. The molecule has 0 aliphatic carbocycles. The fourth-order valence-corrected chi connectivity index (χ4v) is 1.86. The molecule has 0 heterocycles. The first-order valence-corrected chi connectivity index (χ1v) is 5.53. The topological polar surface area (TPSA) is 89.7 Å². The Kier molecular flexibility index (Phi) is 3.97. The van der Waals surface area contributed by atoms with E-state index < -0.39 is 16.6 Å². The fraction of sp³-hybridized carbons (Fsp3) is 0.125. The van der Waals surface area contributed by atoms with E-state index in [0.717, 1.165) is 19.2 Å². The van der Waals surface area contributed by atoms with Crippen molar-refractivity contribution in [1.82, 2.24) is 0 Å². The van der Waals surface area contributed by atoms with Gasteiger partial charge in [0.1, 0.15) is 11.3 Å². The van der Waals surface area contributed by atoms with Crippen molar-refractivity contribution in [2.75, 3.05) is 7.11 Å². The van der Waals surface area contributed by atoms with E-state index in [1.54, 1.807) is 0 Å². The van der Waals surface area contributed by atoms with E-state index in [2.05, 4.69) is 4.74 Å². The molecule has 8 heteroatoms. The SMILES string of the molecule is COC(=O)c1c(O)cc([N+](=O)[O-])cc1SCl. The van der Waals surface area contributed by atoms with E-state index in [0.29, 0.717) is 11.0 Å². The third kappa shape index (κ3) is 2.37. The van der Waals surface area contributed by atoms with Gasteiger partial charge in [-0.25, -0.2) is 4.79 Å². The van der Waals surface area contributed by atoms with E-state index in [-0.39, 0.29) is 16.1 Å². The number of carbonyl (C=O) groups excluding carboxylic acids is 1. The number of non-ortho nitro benzene ring substituents is 1. The number of ether oxygens (including phenoxy) is 1. The zero-order valence-corrected chi connectivity index (χ0v) is 9.54. The Labute approximate surface area is 98.8 Å². The lowest BCUT2D eigenvalue weighted by Crippen LogP contribution is -2.04. The van der Waals surface area contributed by atoms with Gasteiger partial charge in [0.2, 0.25) is 0 Å². The first-order valence-electron chi connectivity index (χ1n) is 3.89. The molecule has 1 aromatic carbocycles. The Morgan fingerprint density at radius 1 is 1.62 bits per heavy atom. The molecule has 0 saturated heterocycles. The summed E-state index contributed by atoms with van der Waals surface area (Å²) in [6, 6.07) is 1.95. The van der Waals surface area contributed by atoms with Crippen LogP contribution < -0.4 is 0 Å². The Morgan fingerprint density at radius 3 is 2.69 bits per heavy atom. The number of nitro benzene ring substituents is 1. The van der Waals surface area contributed by atoms with Crippen LogP contribution >= 0.6 is 21.7 Å². The molecular formula is C8H6ClNO5S. The number of rotatable bonds is 3. The van der Waals surface area contributed by atoms with E-state index in [9.17, 15) is 20.0 Å². The Morgan fingerprint density at radius 2 is 2.25 bits per heavy atom. The normalized spacial score (nSPS) is 9.88. The summed E-state index contributed by atoms with van der Waals surface area (Å²) in [4.78, 5) is 21.1. The average Bonchev–Trinajstić information content (AvgIpc) is 2.26. The molecule has 0 aromatic heterocycles. The summed E-state index contributed by atoms with van der Waals surface area (Å²) in [7, 11) is 7.18. The molecule has 0 atom stereocenters. The van der Waals surface area contributed by atoms with Crippen molar-refractivity contribution in [2.24, 2.45) is 0 Å². The average molecular weight is 264 g/mol. The van der Waals surface area contributed by atoms with Crippen LogP contribution in [0.4, 0.5) is 5.69 Å². The van der Waals surface area contributed by atoms with Gasteiger partial charge in [-0.05, 0) is 21.7 Å². The van der Waals surface area contributed by atoms with Crippen molar-refractivity contribution in [3.8, 4) is 5.75 Å². The summed E-state index contributed by atoms with van der Waals surface area (Å²) in [5, 5.41) is 20.0. The van der Waals surface area contributed by atoms with Crippen LogP contribution in [0.1, 0.15) is 10.4 Å². The van der Waals surface area contributed by atoms with Gasteiger partial charge < -0.3 is 9.84 Å². The summed E-state index contributed by atoms with van der Waals surface area (Å²) < 4.78 is 4.42. The molecule has 0 unspecified atom stereocenters. The second-order valence-corrected chi connectivity index (χ2v) is 3.72. The van der Waals surface area contributed by atoms with Gasteiger partial charge in [-0.1, -0.05) is 0 Å². The molecule has 1 rings (SSSR count). The molecule has 1 aromatic rings. The smallest absolute Gasteiger partial charge is 0.342 e. The van der Waals surface area contributed by atoms with E-state index in [1.807, 2.05) is 0 Å². The minimum Gasteiger partial charge on any atom is -0.507 e. The van der Waals surface area contributed by atoms with Crippen LogP contribution in [0.5, 0.6) is 5.75 Å². The van der Waals surface area contributed by atoms with Gasteiger partial charge >= 0.3 is 5.97 Å². The van der Waals surface area contributed by atoms with Crippen molar-refractivity contribution < 1.29 is 19.6 Å². The van der Waals surface area contributed by atoms with Crippen LogP contribution in [0.2, 0.25) is 0 Å². The molecule has 0 radical (unpaired) electrons. The second-order valence-electron chi connectivity index (χ2n) is 2.66. The summed E-state index contributed by atoms with van der Waals surface area (Å²) in [6.45, 7) is 0. The van der Waals surface area contributed by atoms with Crippen molar-refractivity contribution in [2.45, 2.75) is 4.90 Å². The number of benzene rings is 1. The highest BCUT2D eigenvalue weighted by Crippen LogP contribution is 2.36. The predicted octanol–water partition coefficient (Wildman–Crippen LogP) is 2.33. The quantitative estimate of drug-likeness (QED) is 0.511. The maximum absolute atomic E-state index is 11.3. The monoisotopic (exact) mass is 263 g/mol. The molecule has 0 aliphatic heterocycles. The minimum atomic E-state index is -0.810. The van der Waals surface area contributed by atoms with Crippen LogP contribution in [-0.2, 0) is 4.74 Å². The summed E-state index contributed by atoms with van der Waals surface area (Å²) >= 11 is 0. The molecule has 1 N–H and O–H groups in total. The van der Waals surface area contributed by atoms with Gasteiger partial charge in [-0.3, -0.25) is 10.1 Å². The van der Waals surface area contributed by atoms with Crippen LogP contribution in [0.25, 0.3) is 0 Å². The molecule has 0 fully saturated rings. The van der Waals surface area contributed by atoms with Crippen LogP contribution in [-0.4, -0.2) is 23.1 Å². The molecular weight excluding hydrogens is 258 g/mol. The zero-order valence-electron chi connectivity index (χ0n) is 7.97. The Bertz CT molecular complexity index is 450. The molecule has 0 amide bonds. The van der Waals surface area contributed by atoms with E-state index in [1.165, 1.54) is 0 Å². The van der Waals surface area contributed by atoms with Gasteiger partial charge in [0, 0.05) is 11.0 Å². The number of halogens is 1. The summed E-state index contributed by atoms with van der Waals surface area (Å²) in [5.41, 5.74) is -0.540. The number of nitrogens with zero attached hydrogens (tertiary/aromatic N) is 1. The lowest BCUT2D eigenvalue weighted by Gasteiger charge is -2.06. The lowest BCUT2D eigenvalue weighted by molar-refractivity contribution is -0.385. The van der Waals surface area contributed by atoms with Crippen molar-refractivity contribution in [3.63, 3.8) is 0 Å². The van der Waals surface area contributed by atoms with Gasteiger partial charge in [0.15, 0.2) is 0 Å². The van der Waals surface area contributed by atoms with Gasteiger partial charge in [-0.15, -0.1) is 0 Å². The Hall–Kier alpha value is -1.47. The van der Waals surface area contributed by atoms with Crippen LogP contribution in [0.15, 0.2) is 17.0 Å². The van der Waals surface area contributed by atoms with Crippen LogP contribution in [0.3, 0.4) is 0 Å².